The third-order valence-corrected chi connectivity index (χ3v) is 4.05. The first-order valence-corrected chi connectivity index (χ1v) is 7.04. The van der Waals surface area contributed by atoms with Gasteiger partial charge in [-0.05, 0) is 25.0 Å². The number of nitrogens with zero attached hydrogens (tertiary/aromatic N) is 4. The molecule has 23 heavy (non-hydrogen) atoms. The standard InChI is InChI=1S/C15H12F3N5/c16-15(17,18)10-3-1-9(2-4-10)12-13-20-8-21-23(13)7-11(22-12)14(19)5-6-14/h1-4,7-8H,5-6,19H2. The van der Waals surface area contributed by atoms with Crippen LogP contribution in [0.2, 0.25) is 0 Å². The number of hydrogen-bond acceptors (Lipinski definition) is 4. The Hall–Kier alpha value is -2.48. The van der Waals surface area contributed by atoms with Crippen molar-refractivity contribution in [2.45, 2.75) is 24.6 Å². The Kier molecular flexibility index (Phi) is 2.77. The Balaban J connectivity index is 1.86. The van der Waals surface area contributed by atoms with Gasteiger partial charge in [0.1, 0.15) is 12.0 Å². The molecule has 0 saturated heterocycles. The van der Waals surface area contributed by atoms with Crippen molar-refractivity contribution in [2.24, 2.45) is 5.73 Å². The highest BCUT2D eigenvalue weighted by atomic mass is 19.4. The maximum Gasteiger partial charge on any atom is 0.416 e. The van der Waals surface area contributed by atoms with Crippen LogP contribution in [0.15, 0.2) is 36.8 Å². The van der Waals surface area contributed by atoms with Crippen LogP contribution in [0, 0.1) is 0 Å². The van der Waals surface area contributed by atoms with Crippen LogP contribution in [0.1, 0.15) is 24.1 Å². The molecule has 4 rings (SSSR count). The van der Waals surface area contributed by atoms with Gasteiger partial charge in [-0.1, -0.05) is 12.1 Å². The molecule has 0 aliphatic heterocycles. The van der Waals surface area contributed by atoms with Crippen molar-refractivity contribution in [3.8, 4) is 11.3 Å². The van der Waals surface area contributed by atoms with Crippen LogP contribution in [0.3, 0.4) is 0 Å². The zero-order valence-electron chi connectivity index (χ0n) is 11.9. The molecule has 2 heterocycles. The molecule has 1 aliphatic carbocycles. The van der Waals surface area contributed by atoms with Crippen molar-refractivity contribution in [1.82, 2.24) is 19.6 Å². The summed E-state index contributed by atoms with van der Waals surface area (Å²) < 4.78 is 39.6. The van der Waals surface area contributed by atoms with Gasteiger partial charge in [0.2, 0.25) is 0 Å². The molecule has 0 spiro atoms. The summed E-state index contributed by atoms with van der Waals surface area (Å²) in [5, 5.41) is 4.09. The molecule has 1 aliphatic rings. The molecule has 2 aromatic heterocycles. The Bertz CT molecular complexity index is 878. The van der Waals surface area contributed by atoms with Gasteiger partial charge in [-0.15, -0.1) is 0 Å². The zero-order valence-corrected chi connectivity index (χ0v) is 11.9. The van der Waals surface area contributed by atoms with Gasteiger partial charge in [0.15, 0.2) is 5.65 Å². The highest BCUT2D eigenvalue weighted by Crippen LogP contribution is 2.42. The van der Waals surface area contributed by atoms with E-state index in [-0.39, 0.29) is 0 Å². The van der Waals surface area contributed by atoms with Crippen molar-refractivity contribution in [2.75, 3.05) is 0 Å². The summed E-state index contributed by atoms with van der Waals surface area (Å²) in [6, 6.07) is 4.84. The number of nitrogens with two attached hydrogens (primary N) is 1. The smallest absolute Gasteiger partial charge is 0.320 e. The molecular formula is C15H12F3N5. The van der Waals surface area contributed by atoms with Crippen molar-refractivity contribution < 1.29 is 13.2 Å². The van der Waals surface area contributed by atoms with E-state index in [4.69, 9.17) is 5.73 Å². The Morgan fingerprint density at radius 2 is 1.83 bits per heavy atom. The van der Waals surface area contributed by atoms with Gasteiger partial charge in [-0.3, -0.25) is 0 Å². The van der Waals surface area contributed by atoms with Gasteiger partial charge >= 0.3 is 6.18 Å². The van der Waals surface area contributed by atoms with E-state index in [2.05, 4.69) is 15.1 Å². The molecule has 0 unspecified atom stereocenters. The summed E-state index contributed by atoms with van der Waals surface area (Å²) in [6.45, 7) is 0. The predicted octanol–water partition coefficient (Wildman–Crippen LogP) is 2.76. The lowest BCUT2D eigenvalue weighted by Crippen LogP contribution is -2.21. The first-order valence-electron chi connectivity index (χ1n) is 7.04. The fraction of sp³-hybridized carbons (Fsp3) is 0.267. The summed E-state index contributed by atoms with van der Waals surface area (Å²) in [7, 11) is 0. The zero-order chi connectivity index (χ0) is 16.2. The first kappa shape index (κ1) is 14.1. The molecule has 118 valence electrons. The van der Waals surface area contributed by atoms with E-state index in [1.807, 2.05) is 0 Å². The monoisotopic (exact) mass is 319 g/mol. The minimum absolute atomic E-state index is 0.471. The number of fused-ring (bicyclic) bond motifs is 1. The summed E-state index contributed by atoms with van der Waals surface area (Å²) in [6.07, 6.45) is 0.389. The number of benzene rings is 1. The van der Waals surface area contributed by atoms with Crippen LogP contribution >= 0.6 is 0 Å². The third kappa shape index (κ3) is 2.35. The van der Waals surface area contributed by atoms with Crippen LogP contribution < -0.4 is 5.73 Å². The summed E-state index contributed by atoms with van der Waals surface area (Å²) in [4.78, 5) is 8.68. The van der Waals surface area contributed by atoms with E-state index in [9.17, 15) is 13.2 Å². The summed E-state index contributed by atoms with van der Waals surface area (Å²) in [5.41, 5.74) is 7.19. The SMILES string of the molecule is NC1(c2cn3ncnc3c(-c3ccc(C(F)(F)F)cc3)n2)CC1. The van der Waals surface area contributed by atoms with E-state index >= 15 is 0 Å². The molecule has 0 amide bonds. The Morgan fingerprint density at radius 3 is 2.43 bits per heavy atom. The molecule has 1 aromatic carbocycles. The van der Waals surface area contributed by atoms with E-state index < -0.39 is 17.3 Å². The quantitative estimate of drug-likeness (QED) is 0.788. The van der Waals surface area contributed by atoms with E-state index in [1.165, 1.54) is 18.5 Å². The number of alkyl halides is 3. The second kappa shape index (κ2) is 4.51. The Labute approximate surface area is 129 Å². The van der Waals surface area contributed by atoms with E-state index in [0.717, 1.165) is 25.0 Å². The van der Waals surface area contributed by atoms with E-state index in [0.29, 0.717) is 22.6 Å². The molecule has 3 aromatic rings. The van der Waals surface area contributed by atoms with Crippen molar-refractivity contribution in [3.63, 3.8) is 0 Å². The Morgan fingerprint density at radius 1 is 1.13 bits per heavy atom. The normalized spacial score (nSPS) is 16.7. The van der Waals surface area contributed by atoms with Gasteiger partial charge < -0.3 is 5.73 Å². The molecule has 2 N–H and O–H groups in total. The molecule has 1 saturated carbocycles. The lowest BCUT2D eigenvalue weighted by atomic mass is 10.1. The minimum atomic E-state index is -4.37. The molecule has 8 heteroatoms. The average molecular weight is 319 g/mol. The van der Waals surface area contributed by atoms with Crippen LogP contribution in [-0.4, -0.2) is 19.6 Å². The van der Waals surface area contributed by atoms with Crippen molar-refractivity contribution in [1.29, 1.82) is 0 Å². The van der Waals surface area contributed by atoms with Crippen LogP contribution in [0.4, 0.5) is 13.2 Å². The molecule has 0 atom stereocenters. The maximum absolute atomic E-state index is 12.7. The van der Waals surface area contributed by atoms with Gasteiger partial charge in [-0.2, -0.15) is 18.3 Å². The fourth-order valence-corrected chi connectivity index (χ4v) is 2.47. The highest BCUT2D eigenvalue weighted by Gasteiger charge is 2.42. The van der Waals surface area contributed by atoms with Crippen LogP contribution in [0.5, 0.6) is 0 Å². The first-order chi connectivity index (χ1) is 10.9. The number of halogens is 3. The van der Waals surface area contributed by atoms with Gasteiger partial charge in [0, 0.05) is 5.56 Å². The summed E-state index contributed by atoms with van der Waals surface area (Å²) in [5.74, 6) is 0. The molecule has 1 fully saturated rings. The number of aromatic nitrogens is 4. The lowest BCUT2D eigenvalue weighted by molar-refractivity contribution is -0.137. The van der Waals surface area contributed by atoms with E-state index in [1.54, 1.807) is 10.7 Å². The van der Waals surface area contributed by atoms with Gasteiger partial charge in [-0.25, -0.2) is 14.5 Å². The van der Waals surface area contributed by atoms with Crippen molar-refractivity contribution >= 4 is 5.65 Å². The molecule has 0 radical (unpaired) electrons. The second-order valence-corrected chi connectivity index (χ2v) is 5.73. The van der Waals surface area contributed by atoms with Gasteiger partial charge in [0.25, 0.3) is 0 Å². The second-order valence-electron chi connectivity index (χ2n) is 5.73. The molecule has 5 nitrogen and oxygen atoms in total. The average Bonchev–Trinajstić information content (AvgIpc) is 3.09. The molecular weight excluding hydrogens is 307 g/mol. The largest absolute Gasteiger partial charge is 0.416 e. The predicted molar refractivity (Wildman–Crippen MR) is 76.3 cm³/mol. The topological polar surface area (TPSA) is 69.1 Å². The van der Waals surface area contributed by atoms with Crippen LogP contribution in [-0.2, 0) is 11.7 Å². The number of rotatable bonds is 2. The fourth-order valence-electron chi connectivity index (χ4n) is 2.47. The minimum Gasteiger partial charge on any atom is -0.320 e. The molecule has 0 bridgehead atoms. The lowest BCUT2D eigenvalue weighted by Gasteiger charge is -2.12. The van der Waals surface area contributed by atoms with Gasteiger partial charge in [0.05, 0.1) is 23.0 Å². The summed E-state index contributed by atoms with van der Waals surface area (Å²) >= 11 is 0. The van der Waals surface area contributed by atoms with Crippen molar-refractivity contribution in [3.05, 3.63) is 48.0 Å². The maximum atomic E-state index is 12.7. The highest BCUT2D eigenvalue weighted by molar-refractivity contribution is 5.73. The third-order valence-electron chi connectivity index (χ3n) is 4.05. The van der Waals surface area contributed by atoms with Crippen LogP contribution in [0.25, 0.3) is 16.9 Å². The number of hydrogen-bond donors (Lipinski definition) is 1.